The fourth-order valence-electron chi connectivity index (χ4n) is 4.86. The van der Waals surface area contributed by atoms with Gasteiger partial charge >= 0.3 is 6.18 Å². The summed E-state index contributed by atoms with van der Waals surface area (Å²) >= 11 is 0. The number of hydrogen-bond acceptors (Lipinski definition) is 8. The van der Waals surface area contributed by atoms with E-state index in [2.05, 4.69) is 20.1 Å². The van der Waals surface area contributed by atoms with E-state index in [4.69, 9.17) is 11.5 Å². The molecule has 1 amide bonds. The molecule has 0 aliphatic carbocycles. The number of amides is 1. The summed E-state index contributed by atoms with van der Waals surface area (Å²) in [4.78, 5) is 25.8. The van der Waals surface area contributed by atoms with Crippen LogP contribution in [0.15, 0.2) is 37.1 Å². The molecule has 0 saturated carbocycles. The largest absolute Gasteiger partial charge is 0.419 e. The summed E-state index contributed by atoms with van der Waals surface area (Å²) in [7, 11) is 0. The number of nitrogen functional groups attached to an aromatic ring is 1. The molecule has 206 valence electrons. The molecule has 5 heterocycles. The first kappa shape index (κ1) is 26.3. The number of carbonyl (C=O) groups excluding carboxylic acids is 1. The van der Waals surface area contributed by atoms with Crippen LogP contribution in [0.5, 0.6) is 0 Å². The highest BCUT2D eigenvalue weighted by atomic mass is 19.4. The molecule has 6 rings (SSSR count). The third kappa shape index (κ3) is 5.34. The van der Waals surface area contributed by atoms with Gasteiger partial charge < -0.3 is 25.8 Å². The van der Waals surface area contributed by atoms with Crippen molar-refractivity contribution < 1.29 is 22.4 Å². The molecule has 0 bridgehead atoms. The van der Waals surface area contributed by atoms with Crippen LogP contribution in [0.3, 0.4) is 0 Å². The fraction of sp³-hybridized carbons (Fsp3) is 0.375. The number of nitrogens with two attached hydrogens (primary N) is 2. The zero-order valence-corrected chi connectivity index (χ0v) is 20.7. The third-order valence-corrected chi connectivity index (χ3v) is 6.76. The van der Waals surface area contributed by atoms with Gasteiger partial charge in [-0.3, -0.25) is 9.48 Å². The lowest BCUT2D eigenvalue weighted by atomic mass is 10.0. The van der Waals surface area contributed by atoms with Crippen molar-refractivity contribution in [3.05, 3.63) is 59.7 Å². The number of carbonyl (C=O) groups is 1. The minimum Gasteiger partial charge on any atom is -0.382 e. The Balaban J connectivity index is 0.000000233. The van der Waals surface area contributed by atoms with Crippen LogP contribution >= 0.6 is 0 Å². The normalized spacial score (nSPS) is 17.2. The monoisotopic (exact) mass is 546 g/mol. The van der Waals surface area contributed by atoms with Crippen molar-refractivity contribution in [3.8, 4) is 0 Å². The molecule has 11 nitrogen and oxygen atoms in total. The Morgan fingerprint density at radius 1 is 1.10 bits per heavy atom. The molecule has 4 N–H and O–H groups in total. The van der Waals surface area contributed by atoms with E-state index >= 15 is 0 Å². The van der Waals surface area contributed by atoms with Crippen molar-refractivity contribution >= 4 is 29.1 Å². The number of fused-ring (bicyclic) bond motifs is 2. The highest BCUT2D eigenvalue weighted by Crippen LogP contribution is 2.39. The number of hydrogen-bond donors (Lipinski definition) is 2. The summed E-state index contributed by atoms with van der Waals surface area (Å²) in [5.74, 6) is -1.21. The summed E-state index contributed by atoms with van der Waals surface area (Å²) in [6.45, 7) is 2.91. The molecular weight excluding hydrogens is 520 g/mol. The van der Waals surface area contributed by atoms with E-state index in [1.54, 1.807) is 16.0 Å². The maximum atomic E-state index is 14.3. The molecule has 4 aromatic rings. The van der Waals surface area contributed by atoms with E-state index in [1.165, 1.54) is 23.3 Å². The Morgan fingerprint density at radius 3 is 2.64 bits per heavy atom. The maximum Gasteiger partial charge on any atom is 0.419 e. The predicted octanol–water partition coefficient (Wildman–Crippen LogP) is 2.01. The standard InChI is InChI=1S/C17H17F4N7.C7H9N3O/c18-11-1-2-12(27-4-3-9(22)5-27)10(13(11)17(19,20)21)6-28-8-26-14-15(23)24-7-25-16(14)28;11-6-9-3-4-10-7(5-9)1-2-8-10/h1-2,7-9H,3-6,22H2,(H2,23,24,25);1-2,6H,3-5H2. The Bertz CT molecular complexity index is 1480. The highest BCUT2D eigenvalue weighted by molar-refractivity contribution is 5.81. The number of alkyl halides is 3. The first-order valence-corrected chi connectivity index (χ1v) is 12.2. The van der Waals surface area contributed by atoms with Crippen LogP contribution in [0.2, 0.25) is 0 Å². The lowest BCUT2D eigenvalue weighted by Gasteiger charge is -2.25. The van der Waals surface area contributed by atoms with Crippen molar-refractivity contribution in [2.24, 2.45) is 5.73 Å². The van der Waals surface area contributed by atoms with E-state index in [0.717, 1.165) is 31.3 Å². The summed E-state index contributed by atoms with van der Waals surface area (Å²) in [5, 5.41) is 4.10. The van der Waals surface area contributed by atoms with Crippen LogP contribution in [0.4, 0.5) is 29.1 Å². The van der Waals surface area contributed by atoms with Gasteiger partial charge in [-0.15, -0.1) is 0 Å². The number of benzene rings is 1. The number of halogens is 4. The quantitative estimate of drug-likeness (QED) is 0.293. The van der Waals surface area contributed by atoms with Gasteiger partial charge in [0.15, 0.2) is 11.5 Å². The Morgan fingerprint density at radius 2 is 1.92 bits per heavy atom. The number of nitrogens with zero attached hydrogens (tertiary/aromatic N) is 8. The average molecular weight is 547 g/mol. The SMILES string of the molecule is Nc1ncnc2c1ncn2Cc1c(N2CCC(N)C2)ccc(F)c1C(F)(F)F.O=CN1CCn2nccc2C1. The van der Waals surface area contributed by atoms with Crippen molar-refractivity contribution in [2.45, 2.75) is 38.3 Å². The van der Waals surface area contributed by atoms with Gasteiger partial charge in [0.25, 0.3) is 0 Å². The topological polar surface area (TPSA) is 137 Å². The van der Waals surface area contributed by atoms with E-state index in [0.29, 0.717) is 31.7 Å². The lowest BCUT2D eigenvalue weighted by molar-refractivity contribution is -0.140. The second-order valence-corrected chi connectivity index (χ2v) is 9.34. The maximum absolute atomic E-state index is 14.3. The zero-order chi connectivity index (χ0) is 27.7. The second kappa shape index (κ2) is 10.5. The number of imidazole rings is 1. The van der Waals surface area contributed by atoms with E-state index in [1.807, 2.05) is 10.7 Å². The highest BCUT2D eigenvalue weighted by Gasteiger charge is 2.39. The molecule has 1 fully saturated rings. The molecule has 1 atom stereocenters. The molecule has 2 aliphatic rings. The predicted molar refractivity (Wildman–Crippen MR) is 134 cm³/mol. The van der Waals surface area contributed by atoms with Gasteiger partial charge in [0.1, 0.15) is 17.7 Å². The van der Waals surface area contributed by atoms with E-state index < -0.39 is 17.6 Å². The molecule has 39 heavy (non-hydrogen) atoms. The van der Waals surface area contributed by atoms with Crippen LogP contribution in [0, 0.1) is 5.82 Å². The second-order valence-electron chi connectivity index (χ2n) is 9.34. The number of rotatable bonds is 4. The van der Waals surface area contributed by atoms with E-state index in [-0.39, 0.29) is 35.1 Å². The van der Waals surface area contributed by atoms with Crippen molar-refractivity contribution in [3.63, 3.8) is 0 Å². The molecule has 1 aromatic carbocycles. The van der Waals surface area contributed by atoms with Crippen molar-refractivity contribution in [2.75, 3.05) is 30.3 Å². The summed E-state index contributed by atoms with van der Waals surface area (Å²) < 4.78 is 58.7. The molecule has 15 heteroatoms. The first-order valence-electron chi connectivity index (χ1n) is 12.2. The van der Waals surface area contributed by atoms with Gasteiger partial charge in [0, 0.05) is 43.1 Å². The molecule has 2 aliphatic heterocycles. The molecule has 0 radical (unpaired) electrons. The summed E-state index contributed by atoms with van der Waals surface area (Å²) in [5.41, 5.74) is 12.1. The van der Waals surface area contributed by atoms with Gasteiger partial charge in [-0.05, 0) is 24.6 Å². The van der Waals surface area contributed by atoms with Crippen molar-refractivity contribution in [1.82, 2.24) is 34.2 Å². The summed E-state index contributed by atoms with van der Waals surface area (Å²) in [6.07, 6.45) is 0.963. The Kier molecular flexibility index (Phi) is 7.08. The minimum absolute atomic E-state index is 0.116. The van der Waals surface area contributed by atoms with Crippen LogP contribution in [0.25, 0.3) is 11.2 Å². The number of aromatic nitrogens is 6. The Hall–Kier alpha value is -4.27. The van der Waals surface area contributed by atoms with Gasteiger partial charge in [-0.1, -0.05) is 0 Å². The third-order valence-electron chi connectivity index (χ3n) is 6.76. The van der Waals surface area contributed by atoms with Crippen molar-refractivity contribution in [1.29, 1.82) is 0 Å². The summed E-state index contributed by atoms with van der Waals surface area (Å²) in [6, 6.07) is 4.00. The lowest BCUT2D eigenvalue weighted by Crippen LogP contribution is -2.32. The number of anilines is 2. The molecular formula is C24H26F4N10O. The van der Waals surface area contributed by atoms with Crippen LogP contribution in [-0.2, 0) is 30.6 Å². The zero-order valence-electron chi connectivity index (χ0n) is 20.7. The Labute approximate surface area is 220 Å². The van der Waals surface area contributed by atoms with Crippen LogP contribution < -0.4 is 16.4 Å². The smallest absolute Gasteiger partial charge is 0.382 e. The fourth-order valence-corrected chi connectivity index (χ4v) is 4.86. The van der Waals surface area contributed by atoms with Crippen LogP contribution in [-0.4, -0.2) is 66.3 Å². The minimum atomic E-state index is -4.86. The first-order chi connectivity index (χ1) is 18.7. The average Bonchev–Trinajstić information content (AvgIpc) is 3.64. The van der Waals surface area contributed by atoms with Gasteiger partial charge in [0.2, 0.25) is 6.41 Å². The molecule has 3 aromatic heterocycles. The molecule has 1 unspecified atom stereocenters. The van der Waals surface area contributed by atoms with Crippen LogP contribution in [0.1, 0.15) is 23.2 Å². The van der Waals surface area contributed by atoms with Gasteiger partial charge in [-0.2, -0.15) is 18.3 Å². The molecule has 0 spiro atoms. The van der Waals surface area contributed by atoms with E-state index in [9.17, 15) is 22.4 Å². The van der Waals surface area contributed by atoms with Gasteiger partial charge in [-0.25, -0.2) is 19.3 Å². The molecule has 1 saturated heterocycles. The van der Waals surface area contributed by atoms with Gasteiger partial charge in [0.05, 0.1) is 37.2 Å².